The normalized spacial score (nSPS) is 10.8. The van der Waals surface area contributed by atoms with E-state index >= 15 is 0 Å². The van der Waals surface area contributed by atoms with Crippen molar-refractivity contribution in [2.45, 2.75) is 0 Å². The van der Waals surface area contributed by atoms with Gasteiger partial charge in [-0.1, -0.05) is 12.1 Å². The molecular weight excluding hydrogens is 292 g/mol. The molecule has 0 atom stereocenters. The van der Waals surface area contributed by atoms with Crippen molar-refractivity contribution >= 4 is 27.0 Å². The number of imidazole rings is 1. The number of rotatable bonds is 2. The zero-order valence-electron chi connectivity index (χ0n) is 9.80. The number of aromatic nitrogens is 2. The molecule has 0 aliphatic heterocycles. The molecule has 0 N–H and O–H groups in total. The number of hydrogen-bond acceptors (Lipinski definition) is 2. The van der Waals surface area contributed by atoms with Crippen LogP contribution in [-0.2, 0) is 0 Å². The fraction of sp³-hybridized carbons (Fsp3) is 0.0714. The number of hydrogen-bond donors (Lipinski definition) is 0. The van der Waals surface area contributed by atoms with Crippen LogP contribution in [0, 0.1) is 0 Å². The molecular formula is C14H11BrN2O. The SMILES string of the molecule is COc1ccc(Br)c(-n2cnc3ccccc32)c1. The molecule has 0 radical (unpaired) electrons. The van der Waals surface area contributed by atoms with Crippen molar-refractivity contribution in [1.82, 2.24) is 9.55 Å². The lowest BCUT2D eigenvalue weighted by Gasteiger charge is -2.09. The molecule has 1 aromatic heterocycles. The molecule has 0 aliphatic carbocycles. The maximum atomic E-state index is 5.27. The van der Waals surface area contributed by atoms with Crippen LogP contribution < -0.4 is 4.74 Å². The summed E-state index contributed by atoms with van der Waals surface area (Å²) in [4.78, 5) is 4.39. The van der Waals surface area contributed by atoms with E-state index in [4.69, 9.17) is 4.74 Å². The predicted octanol–water partition coefficient (Wildman–Crippen LogP) is 3.80. The Morgan fingerprint density at radius 2 is 2.00 bits per heavy atom. The molecule has 0 bridgehead atoms. The first-order chi connectivity index (χ1) is 8.79. The minimum absolute atomic E-state index is 0.825. The summed E-state index contributed by atoms with van der Waals surface area (Å²) in [5, 5.41) is 0. The third kappa shape index (κ3) is 1.78. The third-order valence-corrected chi connectivity index (χ3v) is 3.54. The van der Waals surface area contributed by atoms with Gasteiger partial charge in [0.15, 0.2) is 0 Å². The van der Waals surface area contributed by atoms with Gasteiger partial charge >= 0.3 is 0 Å². The number of ether oxygens (including phenoxy) is 1. The van der Waals surface area contributed by atoms with E-state index in [2.05, 4.69) is 20.9 Å². The lowest BCUT2D eigenvalue weighted by atomic mass is 10.2. The molecule has 90 valence electrons. The van der Waals surface area contributed by atoms with Gasteiger partial charge in [0, 0.05) is 10.5 Å². The largest absolute Gasteiger partial charge is 0.497 e. The summed E-state index contributed by atoms with van der Waals surface area (Å²) in [5.41, 5.74) is 3.07. The second-order valence-electron chi connectivity index (χ2n) is 3.92. The van der Waals surface area contributed by atoms with Crippen LogP contribution in [0.15, 0.2) is 53.3 Å². The Labute approximate surface area is 113 Å². The lowest BCUT2D eigenvalue weighted by Crippen LogP contribution is -1.94. The van der Waals surface area contributed by atoms with Crippen LogP contribution in [0.4, 0.5) is 0 Å². The second kappa shape index (κ2) is 4.46. The molecule has 1 heterocycles. The van der Waals surface area contributed by atoms with Gasteiger partial charge in [0.2, 0.25) is 0 Å². The van der Waals surface area contributed by atoms with Crippen LogP contribution in [-0.4, -0.2) is 16.7 Å². The van der Waals surface area contributed by atoms with Crippen molar-refractivity contribution in [1.29, 1.82) is 0 Å². The summed E-state index contributed by atoms with van der Waals surface area (Å²) >= 11 is 3.56. The van der Waals surface area contributed by atoms with Crippen LogP contribution in [0.2, 0.25) is 0 Å². The monoisotopic (exact) mass is 302 g/mol. The first-order valence-electron chi connectivity index (χ1n) is 5.55. The maximum absolute atomic E-state index is 5.27. The van der Waals surface area contributed by atoms with E-state index in [9.17, 15) is 0 Å². The van der Waals surface area contributed by atoms with E-state index in [0.29, 0.717) is 0 Å². The van der Waals surface area contributed by atoms with E-state index in [1.807, 2.05) is 53.4 Å². The van der Waals surface area contributed by atoms with E-state index in [1.165, 1.54) is 0 Å². The minimum atomic E-state index is 0.825. The van der Waals surface area contributed by atoms with Crippen molar-refractivity contribution in [3.05, 3.63) is 53.3 Å². The average molecular weight is 303 g/mol. The molecule has 2 aromatic carbocycles. The van der Waals surface area contributed by atoms with Gasteiger partial charge in [-0.25, -0.2) is 4.98 Å². The summed E-state index contributed by atoms with van der Waals surface area (Å²) in [5.74, 6) is 0.825. The topological polar surface area (TPSA) is 27.1 Å². The Morgan fingerprint density at radius 1 is 1.17 bits per heavy atom. The van der Waals surface area contributed by atoms with Crippen LogP contribution >= 0.6 is 15.9 Å². The predicted molar refractivity (Wildman–Crippen MR) is 75.3 cm³/mol. The van der Waals surface area contributed by atoms with Crippen LogP contribution in [0.1, 0.15) is 0 Å². The number of fused-ring (bicyclic) bond motifs is 1. The highest BCUT2D eigenvalue weighted by Gasteiger charge is 2.08. The van der Waals surface area contributed by atoms with Gasteiger partial charge in [-0.05, 0) is 40.2 Å². The molecule has 3 aromatic rings. The Balaban J connectivity index is 2.25. The van der Waals surface area contributed by atoms with Crippen LogP contribution in [0.25, 0.3) is 16.7 Å². The number of benzene rings is 2. The quantitative estimate of drug-likeness (QED) is 0.720. The summed E-state index contributed by atoms with van der Waals surface area (Å²) in [7, 11) is 1.67. The molecule has 3 nitrogen and oxygen atoms in total. The molecule has 0 saturated heterocycles. The van der Waals surface area contributed by atoms with Crippen molar-refractivity contribution in [2.24, 2.45) is 0 Å². The van der Waals surface area contributed by atoms with Gasteiger partial charge < -0.3 is 4.74 Å². The zero-order valence-corrected chi connectivity index (χ0v) is 11.4. The van der Waals surface area contributed by atoms with Gasteiger partial charge in [-0.2, -0.15) is 0 Å². The highest BCUT2D eigenvalue weighted by Crippen LogP contribution is 2.28. The minimum Gasteiger partial charge on any atom is -0.497 e. The van der Waals surface area contributed by atoms with Gasteiger partial charge in [-0.15, -0.1) is 0 Å². The molecule has 0 fully saturated rings. The Kier molecular flexibility index (Phi) is 2.80. The number of nitrogens with zero attached hydrogens (tertiary/aromatic N) is 2. The van der Waals surface area contributed by atoms with Crippen LogP contribution in [0.3, 0.4) is 0 Å². The molecule has 18 heavy (non-hydrogen) atoms. The summed E-state index contributed by atoms with van der Waals surface area (Å²) in [6, 6.07) is 13.9. The number of methoxy groups -OCH3 is 1. The van der Waals surface area contributed by atoms with Crippen LogP contribution in [0.5, 0.6) is 5.75 Å². The highest BCUT2D eigenvalue weighted by molar-refractivity contribution is 9.10. The van der Waals surface area contributed by atoms with Gasteiger partial charge in [-0.3, -0.25) is 4.57 Å². The Morgan fingerprint density at radius 3 is 2.83 bits per heavy atom. The van der Waals surface area contributed by atoms with Crippen molar-refractivity contribution in [3.63, 3.8) is 0 Å². The van der Waals surface area contributed by atoms with Gasteiger partial charge in [0.05, 0.1) is 23.8 Å². The molecule has 0 spiro atoms. The van der Waals surface area contributed by atoms with Crippen molar-refractivity contribution in [2.75, 3.05) is 7.11 Å². The molecule has 0 unspecified atom stereocenters. The van der Waals surface area contributed by atoms with E-state index in [0.717, 1.165) is 26.9 Å². The second-order valence-corrected chi connectivity index (χ2v) is 4.77. The fourth-order valence-corrected chi connectivity index (χ4v) is 2.39. The Bertz CT molecular complexity index is 706. The zero-order chi connectivity index (χ0) is 12.5. The average Bonchev–Trinajstić information content (AvgIpc) is 2.83. The third-order valence-electron chi connectivity index (χ3n) is 2.87. The molecule has 4 heteroatoms. The van der Waals surface area contributed by atoms with Gasteiger partial charge in [0.25, 0.3) is 0 Å². The van der Waals surface area contributed by atoms with E-state index in [1.54, 1.807) is 7.11 Å². The van der Waals surface area contributed by atoms with Gasteiger partial charge in [0.1, 0.15) is 12.1 Å². The fourth-order valence-electron chi connectivity index (χ4n) is 1.96. The smallest absolute Gasteiger partial charge is 0.121 e. The number of para-hydroxylation sites is 2. The first-order valence-corrected chi connectivity index (χ1v) is 6.35. The summed E-state index contributed by atoms with van der Waals surface area (Å²) in [6.07, 6.45) is 1.82. The Hall–Kier alpha value is -1.81. The summed E-state index contributed by atoms with van der Waals surface area (Å²) in [6.45, 7) is 0. The molecule has 0 amide bonds. The first kappa shape index (κ1) is 11.3. The molecule has 3 rings (SSSR count). The van der Waals surface area contributed by atoms with E-state index < -0.39 is 0 Å². The highest BCUT2D eigenvalue weighted by atomic mass is 79.9. The summed E-state index contributed by atoms with van der Waals surface area (Å²) < 4.78 is 8.31. The van der Waals surface area contributed by atoms with Crippen molar-refractivity contribution in [3.8, 4) is 11.4 Å². The van der Waals surface area contributed by atoms with Crippen molar-refractivity contribution < 1.29 is 4.74 Å². The lowest BCUT2D eigenvalue weighted by molar-refractivity contribution is 0.414. The maximum Gasteiger partial charge on any atom is 0.121 e. The molecule has 0 saturated carbocycles. The number of halogens is 1. The van der Waals surface area contributed by atoms with E-state index in [-0.39, 0.29) is 0 Å². The standard InChI is InChI=1S/C14H11BrN2O/c1-18-10-6-7-11(15)14(8-10)17-9-16-12-4-2-3-5-13(12)17/h2-9H,1H3. The molecule has 0 aliphatic rings.